The molecule has 0 aromatic heterocycles. The molecule has 0 bridgehead atoms. The van der Waals surface area contributed by atoms with Crippen LogP contribution >= 0.6 is 0 Å². The number of hydrogen-bond donors (Lipinski definition) is 0. The Hall–Kier alpha value is -2.15. The highest BCUT2D eigenvalue weighted by molar-refractivity contribution is 5.79. The van der Waals surface area contributed by atoms with Crippen molar-refractivity contribution < 1.29 is 18.7 Å². The summed E-state index contributed by atoms with van der Waals surface area (Å²) in [6, 6.07) is 5.83. The molecule has 2 rings (SSSR count). The Morgan fingerprint density at radius 2 is 1.71 bits per heavy atom. The fraction of sp³-hybridized carbons (Fsp3) is 0.619. The molecular weight excluding hydrogens is 361 g/mol. The summed E-state index contributed by atoms with van der Waals surface area (Å²) in [5.41, 5.74) is 0. The smallest absolute Gasteiger partial charge is 0.260 e. The summed E-state index contributed by atoms with van der Waals surface area (Å²) in [6.07, 6.45) is 0.985. The second kappa shape index (κ2) is 10.4. The van der Waals surface area contributed by atoms with Gasteiger partial charge in [-0.1, -0.05) is 13.8 Å². The zero-order chi connectivity index (χ0) is 20.7. The van der Waals surface area contributed by atoms with Crippen LogP contribution in [0.1, 0.15) is 27.2 Å². The standard InChI is InChI=1S/C21H32FN3O3/c1-16(2)13-17(3)23(4)20(26)14-24-9-11-25(12-10-24)21(27)15-28-19-7-5-18(22)6-8-19/h5-8,16-17H,9-15H2,1-4H3. The van der Waals surface area contributed by atoms with Gasteiger partial charge in [-0.05, 0) is 43.5 Å². The summed E-state index contributed by atoms with van der Waals surface area (Å²) in [5.74, 6) is 0.702. The summed E-state index contributed by atoms with van der Waals surface area (Å²) < 4.78 is 18.3. The molecule has 7 heteroatoms. The molecule has 1 aromatic rings. The number of benzene rings is 1. The van der Waals surface area contributed by atoms with Crippen LogP contribution in [0.4, 0.5) is 4.39 Å². The van der Waals surface area contributed by atoms with E-state index in [4.69, 9.17) is 4.74 Å². The Labute approximate surface area is 167 Å². The van der Waals surface area contributed by atoms with Crippen molar-refractivity contribution in [1.82, 2.24) is 14.7 Å². The molecule has 1 aliphatic heterocycles. The van der Waals surface area contributed by atoms with Gasteiger partial charge in [-0.25, -0.2) is 4.39 Å². The summed E-state index contributed by atoms with van der Waals surface area (Å²) >= 11 is 0. The maximum absolute atomic E-state index is 12.9. The van der Waals surface area contributed by atoms with E-state index in [9.17, 15) is 14.0 Å². The van der Waals surface area contributed by atoms with Crippen LogP contribution in [0.25, 0.3) is 0 Å². The summed E-state index contributed by atoms with van der Waals surface area (Å²) in [4.78, 5) is 30.5. The van der Waals surface area contributed by atoms with Crippen LogP contribution in [-0.2, 0) is 9.59 Å². The normalized spacial score (nSPS) is 16.1. The molecule has 2 amide bonds. The molecule has 0 radical (unpaired) electrons. The van der Waals surface area contributed by atoms with Crippen molar-refractivity contribution in [1.29, 1.82) is 0 Å². The number of hydrogen-bond acceptors (Lipinski definition) is 4. The third-order valence-corrected chi connectivity index (χ3v) is 5.13. The Morgan fingerprint density at radius 3 is 2.29 bits per heavy atom. The van der Waals surface area contributed by atoms with Gasteiger partial charge in [0.1, 0.15) is 11.6 Å². The molecule has 1 saturated heterocycles. The Morgan fingerprint density at radius 1 is 1.11 bits per heavy atom. The first-order valence-corrected chi connectivity index (χ1v) is 9.90. The molecule has 0 saturated carbocycles. The van der Waals surface area contributed by atoms with Gasteiger partial charge in [0.05, 0.1) is 6.54 Å². The minimum atomic E-state index is -0.339. The Kier molecular flexibility index (Phi) is 8.23. The maximum Gasteiger partial charge on any atom is 0.260 e. The van der Waals surface area contributed by atoms with Gasteiger partial charge in [0.25, 0.3) is 5.91 Å². The number of carbonyl (C=O) groups is 2. The molecular formula is C21H32FN3O3. The van der Waals surface area contributed by atoms with Crippen LogP contribution < -0.4 is 4.74 Å². The van der Waals surface area contributed by atoms with Crippen LogP contribution in [-0.4, -0.2) is 78.9 Å². The van der Waals surface area contributed by atoms with E-state index in [-0.39, 0.29) is 30.3 Å². The van der Waals surface area contributed by atoms with Gasteiger partial charge in [0.15, 0.2) is 6.61 Å². The van der Waals surface area contributed by atoms with Crippen LogP contribution in [0.15, 0.2) is 24.3 Å². The highest BCUT2D eigenvalue weighted by atomic mass is 19.1. The van der Waals surface area contributed by atoms with Crippen molar-refractivity contribution in [3.8, 4) is 5.75 Å². The van der Waals surface area contributed by atoms with Crippen molar-refractivity contribution in [3.63, 3.8) is 0 Å². The monoisotopic (exact) mass is 393 g/mol. The van der Waals surface area contributed by atoms with Gasteiger partial charge >= 0.3 is 0 Å². The highest BCUT2D eigenvalue weighted by Gasteiger charge is 2.25. The van der Waals surface area contributed by atoms with E-state index in [1.54, 1.807) is 4.90 Å². The molecule has 1 heterocycles. The van der Waals surface area contributed by atoms with Gasteiger partial charge in [-0.15, -0.1) is 0 Å². The zero-order valence-corrected chi connectivity index (χ0v) is 17.4. The number of carbonyl (C=O) groups excluding carboxylic acids is 2. The van der Waals surface area contributed by atoms with Crippen LogP contribution in [0.3, 0.4) is 0 Å². The molecule has 1 aliphatic rings. The molecule has 156 valence electrons. The first kappa shape index (κ1) is 22.1. The Balaban J connectivity index is 1.72. The predicted molar refractivity (Wildman–Crippen MR) is 107 cm³/mol. The molecule has 6 nitrogen and oxygen atoms in total. The van der Waals surface area contributed by atoms with E-state index in [0.29, 0.717) is 44.4 Å². The lowest BCUT2D eigenvalue weighted by atomic mass is 10.0. The predicted octanol–water partition coefficient (Wildman–Crippen LogP) is 2.24. The summed E-state index contributed by atoms with van der Waals surface area (Å²) in [5, 5.41) is 0. The van der Waals surface area contributed by atoms with Gasteiger partial charge in [-0.3, -0.25) is 14.5 Å². The SMILES string of the molecule is CC(C)CC(C)N(C)C(=O)CN1CCN(C(=O)COc2ccc(F)cc2)CC1. The molecule has 1 aromatic carbocycles. The molecule has 1 fully saturated rings. The quantitative estimate of drug-likeness (QED) is 0.680. The van der Waals surface area contributed by atoms with Crippen molar-refractivity contribution in [2.45, 2.75) is 33.2 Å². The second-order valence-electron chi connectivity index (χ2n) is 7.88. The number of nitrogens with zero attached hydrogens (tertiary/aromatic N) is 3. The van der Waals surface area contributed by atoms with E-state index in [1.807, 2.05) is 11.9 Å². The molecule has 1 atom stereocenters. The number of ether oxygens (including phenoxy) is 1. The van der Waals surface area contributed by atoms with Gasteiger partial charge in [0.2, 0.25) is 5.91 Å². The van der Waals surface area contributed by atoms with E-state index in [2.05, 4.69) is 25.7 Å². The lowest BCUT2D eigenvalue weighted by molar-refractivity contribution is -0.136. The van der Waals surface area contributed by atoms with Crippen molar-refractivity contribution >= 4 is 11.8 Å². The molecule has 0 spiro atoms. The molecule has 0 aliphatic carbocycles. The lowest BCUT2D eigenvalue weighted by Gasteiger charge is -2.35. The van der Waals surface area contributed by atoms with E-state index in [0.717, 1.165) is 6.42 Å². The minimum absolute atomic E-state index is 0.0694. The average molecular weight is 394 g/mol. The summed E-state index contributed by atoms with van der Waals surface area (Å²) in [6.45, 7) is 9.19. The topological polar surface area (TPSA) is 53.1 Å². The van der Waals surface area contributed by atoms with E-state index in [1.165, 1.54) is 24.3 Å². The van der Waals surface area contributed by atoms with Gasteiger partial charge in [0, 0.05) is 39.3 Å². The fourth-order valence-corrected chi connectivity index (χ4v) is 3.31. The summed E-state index contributed by atoms with van der Waals surface area (Å²) in [7, 11) is 1.86. The van der Waals surface area contributed by atoms with Gasteiger partial charge in [-0.2, -0.15) is 0 Å². The first-order chi connectivity index (χ1) is 13.3. The third-order valence-electron chi connectivity index (χ3n) is 5.13. The first-order valence-electron chi connectivity index (χ1n) is 9.90. The van der Waals surface area contributed by atoms with Crippen molar-refractivity contribution in [3.05, 3.63) is 30.1 Å². The van der Waals surface area contributed by atoms with Crippen molar-refractivity contribution in [2.75, 3.05) is 46.4 Å². The fourth-order valence-electron chi connectivity index (χ4n) is 3.31. The zero-order valence-electron chi connectivity index (χ0n) is 17.4. The lowest BCUT2D eigenvalue weighted by Crippen LogP contribution is -2.52. The number of halogens is 1. The van der Waals surface area contributed by atoms with E-state index < -0.39 is 0 Å². The van der Waals surface area contributed by atoms with Crippen LogP contribution in [0.5, 0.6) is 5.75 Å². The minimum Gasteiger partial charge on any atom is -0.484 e. The number of likely N-dealkylation sites (N-methyl/N-ethyl adjacent to an activating group) is 1. The average Bonchev–Trinajstić information content (AvgIpc) is 2.66. The van der Waals surface area contributed by atoms with Gasteiger partial charge < -0.3 is 14.5 Å². The number of rotatable bonds is 8. The number of piperazine rings is 1. The van der Waals surface area contributed by atoms with Crippen LogP contribution in [0, 0.1) is 11.7 Å². The number of amides is 2. The maximum atomic E-state index is 12.9. The largest absolute Gasteiger partial charge is 0.484 e. The van der Waals surface area contributed by atoms with E-state index >= 15 is 0 Å². The van der Waals surface area contributed by atoms with Crippen LogP contribution in [0.2, 0.25) is 0 Å². The second-order valence-corrected chi connectivity index (χ2v) is 7.88. The molecule has 0 N–H and O–H groups in total. The molecule has 1 unspecified atom stereocenters. The third kappa shape index (κ3) is 6.78. The molecule has 28 heavy (non-hydrogen) atoms. The van der Waals surface area contributed by atoms with Crippen molar-refractivity contribution in [2.24, 2.45) is 5.92 Å². The Bertz CT molecular complexity index is 643. The highest BCUT2D eigenvalue weighted by Crippen LogP contribution is 2.13.